The van der Waals surface area contributed by atoms with Gasteiger partial charge in [-0.2, -0.15) is 0 Å². The van der Waals surface area contributed by atoms with Gasteiger partial charge in [-0.3, -0.25) is 4.79 Å². The molecule has 2 N–H and O–H groups in total. The van der Waals surface area contributed by atoms with Gasteiger partial charge in [0.15, 0.2) is 0 Å². The van der Waals surface area contributed by atoms with E-state index in [1.807, 2.05) is 11.8 Å². The van der Waals surface area contributed by atoms with Crippen molar-refractivity contribution in [1.82, 2.24) is 4.90 Å². The Kier molecular flexibility index (Phi) is 17.6. The molecule has 0 aliphatic carbocycles. The normalized spacial score (nSPS) is 14.0. The lowest BCUT2D eigenvalue weighted by atomic mass is 10.4. The molecule has 0 atom stereocenters. The van der Waals surface area contributed by atoms with Gasteiger partial charge in [0.05, 0.1) is 6.61 Å². The molecule has 1 fully saturated rings. The first kappa shape index (κ1) is 23.0. The molecule has 1 rings (SSSR count). The van der Waals surface area contributed by atoms with Gasteiger partial charge in [-0.05, 0) is 52.0 Å². The number of hydrogen-bond donors (Lipinski definition) is 2. The van der Waals surface area contributed by atoms with Crippen LogP contribution in [-0.2, 0) is 9.16 Å². The van der Waals surface area contributed by atoms with E-state index in [-0.39, 0.29) is 9.04 Å². The Morgan fingerprint density at radius 3 is 2.14 bits per heavy atom. The minimum atomic E-state index is -0.639. The van der Waals surface area contributed by atoms with Crippen molar-refractivity contribution in [1.29, 1.82) is 0 Å². The van der Waals surface area contributed by atoms with E-state index < -0.39 is 5.24 Å². The van der Waals surface area contributed by atoms with Crippen molar-refractivity contribution in [2.24, 2.45) is 5.73 Å². The molecule has 1 saturated heterocycles. The number of amides is 1. The van der Waals surface area contributed by atoms with Gasteiger partial charge in [0.25, 0.3) is 10.4 Å². The molecule has 1 aliphatic rings. The number of nitrogens with two attached hydrogens (primary N) is 1. The van der Waals surface area contributed by atoms with Crippen LogP contribution in [0.2, 0.25) is 12.6 Å². The number of ether oxygens (including phenoxy) is 1. The van der Waals surface area contributed by atoms with Crippen molar-refractivity contribution in [2.75, 3.05) is 26.3 Å². The molecule has 1 heterocycles. The lowest BCUT2D eigenvalue weighted by Gasteiger charge is -2.20. The highest BCUT2D eigenvalue weighted by atomic mass is 32.1. The lowest BCUT2D eigenvalue weighted by molar-refractivity contribution is 0.264. The van der Waals surface area contributed by atoms with Gasteiger partial charge >= 0.3 is 0 Å². The molecule has 0 bridgehead atoms. The summed E-state index contributed by atoms with van der Waals surface area (Å²) in [7, 11) is -0.293. The van der Waals surface area contributed by atoms with Crippen molar-refractivity contribution in [3.05, 3.63) is 0 Å². The molecule has 0 aromatic heterocycles. The summed E-state index contributed by atoms with van der Waals surface area (Å²) in [6.07, 6.45) is 2.70. The van der Waals surface area contributed by atoms with E-state index in [9.17, 15) is 0 Å². The van der Waals surface area contributed by atoms with Crippen LogP contribution in [0, 0.1) is 0 Å². The van der Waals surface area contributed by atoms with E-state index in [0.717, 1.165) is 19.7 Å². The van der Waals surface area contributed by atoms with Crippen LogP contribution < -0.4 is 5.73 Å². The average Bonchev–Trinajstić information content (AvgIpc) is 2.41. The highest BCUT2D eigenvalue weighted by Gasteiger charge is 2.09. The summed E-state index contributed by atoms with van der Waals surface area (Å²) in [5, 5.41) is -0.0208. The Labute approximate surface area is 141 Å². The number of rotatable bonds is 3. The number of thiocarbonyl (C=S) groups is 1. The second-order valence-corrected chi connectivity index (χ2v) is 7.20. The fourth-order valence-corrected chi connectivity index (χ4v) is 3.25. The van der Waals surface area contributed by atoms with E-state index in [0.29, 0.717) is 11.8 Å². The van der Waals surface area contributed by atoms with E-state index >= 15 is 0 Å². The molecule has 0 unspecified atom stereocenters. The molecular formula is C13H29N2O3S2Si. The standard InChI is InChI=1S/C7H15NOS.C5H11OSi.CH3NOS/c1-4-8(5-2)7(10)9-6-3;1-7-5-3-2-4-6-7;2-1(3)4/h4-6H2,1-3H3;2-5H2,1H3;(H3,2,3,4). The molecule has 5 nitrogen and oxygen atoms in total. The number of hydrogen-bond acceptors (Lipinski definition) is 4. The van der Waals surface area contributed by atoms with Crippen LogP contribution in [0.4, 0.5) is 4.79 Å². The molecular weight excluding hydrogens is 324 g/mol. The second-order valence-electron chi connectivity index (χ2n) is 4.22. The van der Waals surface area contributed by atoms with E-state index in [1.54, 1.807) is 0 Å². The van der Waals surface area contributed by atoms with Gasteiger partial charge < -0.3 is 19.8 Å². The third kappa shape index (κ3) is 17.6. The Morgan fingerprint density at radius 1 is 1.38 bits per heavy atom. The predicted molar refractivity (Wildman–Crippen MR) is 97.3 cm³/mol. The van der Waals surface area contributed by atoms with Crippen molar-refractivity contribution in [3.63, 3.8) is 0 Å². The minimum absolute atomic E-state index is 0.293. The van der Waals surface area contributed by atoms with Crippen LogP contribution in [-0.4, -0.2) is 50.7 Å². The van der Waals surface area contributed by atoms with Gasteiger partial charge in [-0.15, -0.1) is 0 Å². The Balaban J connectivity index is 0. The Bertz CT molecular complexity index is 270. The summed E-state index contributed by atoms with van der Waals surface area (Å²) in [6, 6.07) is 1.37. The molecule has 0 aromatic rings. The summed E-state index contributed by atoms with van der Waals surface area (Å²) in [6.45, 7) is 11.9. The predicted octanol–water partition coefficient (Wildman–Crippen LogP) is 3.06. The topological polar surface area (TPSA) is 64.8 Å². The minimum Gasteiger partial charge on any atom is -0.471 e. The molecule has 21 heavy (non-hydrogen) atoms. The van der Waals surface area contributed by atoms with Gasteiger partial charge in [0, 0.05) is 19.7 Å². The van der Waals surface area contributed by atoms with Crippen molar-refractivity contribution in [2.45, 2.75) is 46.2 Å². The summed E-state index contributed by atoms with van der Waals surface area (Å²) in [5.41, 5.74) is 4.34. The molecule has 8 heteroatoms. The average molecular weight is 354 g/mol. The Morgan fingerprint density at radius 2 is 1.90 bits per heavy atom. The van der Waals surface area contributed by atoms with Crippen LogP contribution in [0.1, 0.15) is 33.6 Å². The van der Waals surface area contributed by atoms with Crippen molar-refractivity contribution >= 4 is 44.3 Å². The first-order valence-corrected chi connectivity index (χ1v) is 10.2. The molecule has 0 spiro atoms. The fourth-order valence-electron chi connectivity index (χ4n) is 1.49. The maximum atomic E-state index is 9.09. The first-order chi connectivity index (χ1) is 9.88. The number of carbonyl (C=O) groups excluding carboxylic acids is 1. The molecule has 125 valence electrons. The van der Waals surface area contributed by atoms with Crippen LogP contribution in [0.15, 0.2) is 0 Å². The fraction of sp³-hybridized carbons (Fsp3) is 0.846. The van der Waals surface area contributed by atoms with Gasteiger partial charge in [0.2, 0.25) is 9.04 Å². The number of carbonyl (C=O) groups is 1. The zero-order chi connectivity index (χ0) is 16.7. The molecule has 0 aromatic carbocycles. The molecule has 1 radical (unpaired) electrons. The highest BCUT2D eigenvalue weighted by molar-refractivity contribution is 7.96. The first-order valence-electron chi connectivity index (χ1n) is 7.24. The lowest BCUT2D eigenvalue weighted by Crippen LogP contribution is -2.30. The summed E-state index contributed by atoms with van der Waals surface area (Å²) in [4.78, 5) is 11.1. The largest absolute Gasteiger partial charge is 0.471 e. The van der Waals surface area contributed by atoms with Crippen molar-refractivity contribution < 1.29 is 14.0 Å². The van der Waals surface area contributed by atoms with Crippen LogP contribution >= 0.6 is 24.8 Å². The van der Waals surface area contributed by atoms with Gasteiger partial charge in [-0.25, -0.2) is 0 Å². The van der Waals surface area contributed by atoms with E-state index in [2.05, 4.69) is 38.8 Å². The number of thiol groups is 1. The second kappa shape index (κ2) is 16.1. The molecule has 1 amide bonds. The third-order valence-corrected chi connectivity index (χ3v) is 4.69. The van der Waals surface area contributed by atoms with Gasteiger partial charge in [-0.1, -0.05) is 19.0 Å². The summed E-state index contributed by atoms with van der Waals surface area (Å²) < 4.78 is 10.5. The zero-order valence-corrected chi connectivity index (χ0v) is 16.3. The third-order valence-electron chi connectivity index (χ3n) is 2.56. The maximum Gasteiger partial charge on any atom is 0.273 e. The van der Waals surface area contributed by atoms with Crippen LogP contribution in [0.25, 0.3) is 0 Å². The maximum absolute atomic E-state index is 9.09. The quantitative estimate of drug-likeness (QED) is 0.464. The van der Waals surface area contributed by atoms with Crippen molar-refractivity contribution in [3.8, 4) is 0 Å². The van der Waals surface area contributed by atoms with Crippen LogP contribution in [0.3, 0.4) is 0 Å². The summed E-state index contributed by atoms with van der Waals surface area (Å²) in [5.74, 6) is 0. The highest BCUT2D eigenvalue weighted by Crippen LogP contribution is 2.09. The van der Waals surface area contributed by atoms with E-state index in [1.165, 1.54) is 18.9 Å². The SMILES string of the molecule is CCOC(=S)N(CC)CC.C[Si]1CCCCO1.NC(=O)S. The van der Waals surface area contributed by atoms with Crippen LogP contribution in [0.5, 0.6) is 0 Å². The molecule has 1 aliphatic heterocycles. The number of nitrogens with zero attached hydrogens (tertiary/aromatic N) is 1. The monoisotopic (exact) mass is 353 g/mol. The summed E-state index contributed by atoms with van der Waals surface area (Å²) >= 11 is 8.08. The van der Waals surface area contributed by atoms with E-state index in [4.69, 9.17) is 26.2 Å². The molecule has 0 saturated carbocycles. The van der Waals surface area contributed by atoms with Gasteiger partial charge in [0.1, 0.15) is 0 Å². The smallest absolute Gasteiger partial charge is 0.273 e. The zero-order valence-electron chi connectivity index (χ0n) is 13.6. The Hall–Kier alpha value is -0.313. The number of primary amides is 1.